The first-order valence-corrected chi connectivity index (χ1v) is 7.96. The van der Waals surface area contributed by atoms with Crippen molar-refractivity contribution < 1.29 is 13.6 Å². The van der Waals surface area contributed by atoms with Gasteiger partial charge < -0.3 is 5.32 Å². The standard InChI is InChI=1S/C16H12F2N4OS/c17-11-6-7-13(12(18)8-11)19-14(23)9-24-16-20-15(21-22-16)10-4-2-1-3-5-10/h1-8H,9H2,(H,19,23)(H,20,21,22). The lowest BCUT2D eigenvalue weighted by atomic mass is 10.2. The zero-order chi connectivity index (χ0) is 16.9. The predicted octanol–water partition coefficient (Wildman–Crippen LogP) is 3.48. The molecule has 3 rings (SSSR count). The molecule has 0 bridgehead atoms. The van der Waals surface area contributed by atoms with Gasteiger partial charge in [0.2, 0.25) is 11.1 Å². The number of hydrogen-bond donors (Lipinski definition) is 2. The molecule has 0 aliphatic carbocycles. The Labute approximate surface area is 140 Å². The lowest BCUT2D eigenvalue weighted by Crippen LogP contribution is -2.15. The van der Waals surface area contributed by atoms with Crippen molar-refractivity contribution in [3.8, 4) is 11.4 Å². The third kappa shape index (κ3) is 3.96. The normalized spacial score (nSPS) is 10.6. The summed E-state index contributed by atoms with van der Waals surface area (Å²) in [5, 5.41) is 9.60. The molecule has 2 aromatic carbocycles. The molecule has 0 aliphatic heterocycles. The largest absolute Gasteiger partial charge is 0.323 e. The van der Waals surface area contributed by atoms with Gasteiger partial charge in [0, 0.05) is 11.6 Å². The number of nitrogens with zero attached hydrogens (tertiary/aromatic N) is 2. The van der Waals surface area contributed by atoms with E-state index >= 15 is 0 Å². The van der Waals surface area contributed by atoms with Gasteiger partial charge in [-0.25, -0.2) is 13.8 Å². The molecule has 122 valence electrons. The van der Waals surface area contributed by atoms with Crippen LogP contribution >= 0.6 is 11.8 Å². The maximum absolute atomic E-state index is 13.5. The van der Waals surface area contributed by atoms with Crippen LogP contribution in [0.25, 0.3) is 11.4 Å². The number of rotatable bonds is 5. The van der Waals surface area contributed by atoms with Gasteiger partial charge in [-0.05, 0) is 12.1 Å². The molecule has 1 aromatic heterocycles. The average Bonchev–Trinajstić information content (AvgIpc) is 3.05. The number of thioether (sulfide) groups is 1. The van der Waals surface area contributed by atoms with Crippen LogP contribution in [0.15, 0.2) is 53.7 Å². The minimum atomic E-state index is -0.822. The van der Waals surface area contributed by atoms with Crippen molar-refractivity contribution in [2.75, 3.05) is 11.1 Å². The average molecular weight is 346 g/mol. The summed E-state index contributed by atoms with van der Waals surface area (Å²) in [5.41, 5.74) is 0.816. The summed E-state index contributed by atoms with van der Waals surface area (Å²) in [4.78, 5) is 16.1. The van der Waals surface area contributed by atoms with E-state index < -0.39 is 17.5 Å². The van der Waals surface area contributed by atoms with Crippen molar-refractivity contribution in [3.05, 3.63) is 60.2 Å². The van der Waals surface area contributed by atoms with Gasteiger partial charge in [0.25, 0.3) is 0 Å². The van der Waals surface area contributed by atoms with E-state index in [1.165, 1.54) is 6.07 Å². The Bertz CT molecular complexity index is 854. The van der Waals surface area contributed by atoms with E-state index in [1.54, 1.807) is 0 Å². The predicted molar refractivity (Wildman–Crippen MR) is 87.5 cm³/mol. The minimum Gasteiger partial charge on any atom is -0.323 e. The maximum Gasteiger partial charge on any atom is 0.234 e. The van der Waals surface area contributed by atoms with Crippen LogP contribution in [-0.2, 0) is 4.79 Å². The molecule has 0 unspecified atom stereocenters. The van der Waals surface area contributed by atoms with E-state index in [9.17, 15) is 13.6 Å². The second-order valence-corrected chi connectivity index (χ2v) is 5.74. The summed E-state index contributed by atoms with van der Waals surface area (Å²) in [6, 6.07) is 12.4. The van der Waals surface area contributed by atoms with Gasteiger partial charge in [-0.2, -0.15) is 0 Å². The van der Waals surface area contributed by atoms with E-state index in [0.29, 0.717) is 17.0 Å². The SMILES string of the molecule is O=C(CSc1n[nH]c(-c2ccccc2)n1)Nc1ccc(F)cc1F. The summed E-state index contributed by atoms with van der Waals surface area (Å²) in [5.74, 6) is -1.35. The molecule has 0 saturated heterocycles. The Morgan fingerprint density at radius 2 is 1.96 bits per heavy atom. The number of anilines is 1. The van der Waals surface area contributed by atoms with Crippen LogP contribution in [0.1, 0.15) is 0 Å². The van der Waals surface area contributed by atoms with Crippen LogP contribution in [0, 0.1) is 11.6 Å². The molecule has 2 N–H and O–H groups in total. The highest BCUT2D eigenvalue weighted by atomic mass is 32.2. The van der Waals surface area contributed by atoms with Crippen LogP contribution in [0.2, 0.25) is 0 Å². The number of aromatic nitrogens is 3. The third-order valence-corrected chi connectivity index (χ3v) is 3.90. The van der Waals surface area contributed by atoms with Gasteiger partial charge in [0.1, 0.15) is 11.6 Å². The van der Waals surface area contributed by atoms with Gasteiger partial charge in [-0.15, -0.1) is 5.10 Å². The number of benzene rings is 2. The third-order valence-electron chi connectivity index (χ3n) is 3.05. The Kier molecular flexibility index (Phi) is 4.85. The van der Waals surface area contributed by atoms with Gasteiger partial charge in [0.15, 0.2) is 5.82 Å². The second kappa shape index (κ2) is 7.22. The smallest absolute Gasteiger partial charge is 0.234 e. The second-order valence-electron chi connectivity index (χ2n) is 4.79. The number of nitrogens with one attached hydrogen (secondary N) is 2. The Morgan fingerprint density at radius 3 is 2.71 bits per heavy atom. The number of H-pyrrole nitrogens is 1. The molecular formula is C16H12F2N4OS. The Balaban J connectivity index is 1.58. The number of carbonyl (C=O) groups excluding carboxylic acids is 1. The summed E-state index contributed by atoms with van der Waals surface area (Å²) >= 11 is 1.11. The van der Waals surface area contributed by atoms with E-state index in [1.807, 2.05) is 30.3 Å². The molecule has 0 aliphatic rings. The molecule has 0 fully saturated rings. The first-order valence-electron chi connectivity index (χ1n) is 6.97. The van der Waals surface area contributed by atoms with Crippen molar-refractivity contribution in [2.24, 2.45) is 0 Å². The molecular weight excluding hydrogens is 334 g/mol. The van der Waals surface area contributed by atoms with Gasteiger partial charge in [0.05, 0.1) is 11.4 Å². The van der Waals surface area contributed by atoms with E-state index in [4.69, 9.17) is 0 Å². The highest BCUT2D eigenvalue weighted by Crippen LogP contribution is 2.20. The van der Waals surface area contributed by atoms with E-state index in [0.717, 1.165) is 23.4 Å². The lowest BCUT2D eigenvalue weighted by Gasteiger charge is -2.05. The number of amides is 1. The topological polar surface area (TPSA) is 70.7 Å². The number of carbonyl (C=O) groups is 1. The summed E-state index contributed by atoms with van der Waals surface area (Å²) in [6.07, 6.45) is 0. The Hall–Kier alpha value is -2.74. The number of halogens is 2. The van der Waals surface area contributed by atoms with Gasteiger partial charge >= 0.3 is 0 Å². The van der Waals surface area contributed by atoms with Crippen LogP contribution in [-0.4, -0.2) is 26.8 Å². The fourth-order valence-corrected chi connectivity index (χ4v) is 2.54. The fraction of sp³-hybridized carbons (Fsp3) is 0.0625. The monoisotopic (exact) mass is 346 g/mol. The molecule has 5 nitrogen and oxygen atoms in total. The van der Waals surface area contributed by atoms with Crippen molar-refractivity contribution in [2.45, 2.75) is 5.16 Å². The summed E-state index contributed by atoms with van der Waals surface area (Å²) < 4.78 is 26.3. The molecule has 1 heterocycles. The van der Waals surface area contributed by atoms with Gasteiger partial charge in [-0.3, -0.25) is 9.89 Å². The summed E-state index contributed by atoms with van der Waals surface area (Å²) in [6.45, 7) is 0. The molecule has 0 spiro atoms. The maximum atomic E-state index is 13.5. The summed E-state index contributed by atoms with van der Waals surface area (Å²) in [7, 11) is 0. The van der Waals surface area contributed by atoms with Crippen molar-refractivity contribution in [3.63, 3.8) is 0 Å². The van der Waals surface area contributed by atoms with Crippen LogP contribution < -0.4 is 5.32 Å². The van der Waals surface area contributed by atoms with E-state index in [2.05, 4.69) is 20.5 Å². The molecule has 1 amide bonds. The highest BCUT2D eigenvalue weighted by Gasteiger charge is 2.11. The first-order chi connectivity index (χ1) is 11.6. The minimum absolute atomic E-state index is 0.00288. The molecule has 0 saturated carbocycles. The molecule has 0 radical (unpaired) electrons. The highest BCUT2D eigenvalue weighted by molar-refractivity contribution is 7.99. The number of hydrogen-bond acceptors (Lipinski definition) is 4. The van der Waals surface area contributed by atoms with Crippen molar-refractivity contribution in [1.29, 1.82) is 0 Å². The molecule has 24 heavy (non-hydrogen) atoms. The van der Waals surface area contributed by atoms with Crippen LogP contribution in [0.5, 0.6) is 0 Å². The fourth-order valence-electron chi connectivity index (χ4n) is 1.94. The van der Waals surface area contributed by atoms with Crippen molar-refractivity contribution >= 4 is 23.4 Å². The lowest BCUT2D eigenvalue weighted by molar-refractivity contribution is -0.113. The van der Waals surface area contributed by atoms with Crippen LogP contribution in [0.3, 0.4) is 0 Å². The molecule has 8 heteroatoms. The molecule has 3 aromatic rings. The van der Waals surface area contributed by atoms with Crippen LogP contribution in [0.4, 0.5) is 14.5 Å². The number of aromatic amines is 1. The first kappa shape index (κ1) is 16.1. The molecule has 0 atom stereocenters. The van der Waals surface area contributed by atoms with Crippen molar-refractivity contribution in [1.82, 2.24) is 15.2 Å². The zero-order valence-electron chi connectivity index (χ0n) is 12.3. The quantitative estimate of drug-likeness (QED) is 0.694. The Morgan fingerprint density at radius 1 is 1.17 bits per heavy atom. The van der Waals surface area contributed by atoms with Gasteiger partial charge in [-0.1, -0.05) is 42.1 Å². The van der Waals surface area contributed by atoms with E-state index in [-0.39, 0.29) is 11.4 Å². The zero-order valence-corrected chi connectivity index (χ0v) is 13.1.